The van der Waals surface area contributed by atoms with Gasteiger partial charge in [0.1, 0.15) is 0 Å². The quantitative estimate of drug-likeness (QED) is 0.859. The molecule has 2 atom stereocenters. The summed E-state index contributed by atoms with van der Waals surface area (Å²) in [5.41, 5.74) is 0.349. The normalized spacial score (nSPS) is 22.4. The molecule has 1 heterocycles. The van der Waals surface area contributed by atoms with Crippen molar-refractivity contribution in [3.63, 3.8) is 0 Å². The minimum absolute atomic E-state index is 0.0128. The Kier molecular flexibility index (Phi) is 5.26. The maximum Gasteiger partial charge on any atom is 0.0700 e. The first-order valence-electron chi connectivity index (χ1n) is 6.48. The Bertz CT molecular complexity index is 437. The van der Waals surface area contributed by atoms with Gasteiger partial charge in [0.2, 0.25) is 0 Å². The van der Waals surface area contributed by atoms with E-state index in [9.17, 15) is 5.11 Å². The summed E-state index contributed by atoms with van der Waals surface area (Å²) >= 11 is 9.67. The van der Waals surface area contributed by atoms with E-state index >= 15 is 0 Å². The SMILES string of the molecule is CC(CO)(NCC1CCCO1)c1ccc(Br)cc1Cl. The van der Waals surface area contributed by atoms with Gasteiger partial charge in [0.15, 0.2) is 0 Å². The zero-order valence-corrected chi connectivity index (χ0v) is 13.3. The summed E-state index contributed by atoms with van der Waals surface area (Å²) in [5, 5.41) is 13.8. The van der Waals surface area contributed by atoms with Crippen molar-refractivity contribution in [2.75, 3.05) is 19.8 Å². The average Bonchev–Trinajstić information content (AvgIpc) is 2.89. The molecule has 0 bridgehead atoms. The lowest BCUT2D eigenvalue weighted by atomic mass is 9.92. The first-order valence-corrected chi connectivity index (χ1v) is 7.65. The molecule has 0 radical (unpaired) electrons. The third-order valence-electron chi connectivity index (χ3n) is 3.59. The van der Waals surface area contributed by atoms with Gasteiger partial charge in [0.05, 0.1) is 18.2 Å². The van der Waals surface area contributed by atoms with Gasteiger partial charge in [-0.15, -0.1) is 0 Å². The van der Waals surface area contributed by atoms with Gasteiger partial charge in [-0.3, -0.25) is 0 Å². The topological polar surface area (TPSA) is 41.5 Å². The number of rotatable bonds is 5. The highest BCUT2D eigenvalue weighted by Gasteiger charge is 2.29. The third-order valence-corrected chi connectivity index (χ3v) is 4.39. The number of hydrogen-bond acceptors (Lipinski definition) is 3. The van der Waals surface area contributed by atoms with Crippen molar-refractivity contribution in [2.45, 2.75) is 31.4 Å². The van der Waals surface area contributed by atoms with Crippen LogP contribution < -0.4 is 5.32 Å². The lowest BCUT2D eigenvalue weighted by Gasteiger charge is -2.31. The summed E-state index contributed by atoms with van der Waals surface area (Å²) in [5.74, 6) is 0. The Labute approximate surface area is 127 Å². The Morgan fingerprint density at radius 3 is 2.95 bits per heavy atom. The summed E-state index contributed by atoms with van der Waals surface area (Å²) in [6, 6.07) is 5.71. The van der Waals surface area contributed by atoms with E-state index in [1.54, 1.807) is 0 Å². The van der Waals surface area contributed by atoms with Gasteiger partial charge in [-0.1, -0.05) is 33.6 Å². The molecule has 1 aromatic rings. The van der Waals surface area contributed by atoms with Crippen LogP contribution in [0.25, 0.3) is 0 Å². The van der Waals surface area contributed by atoms with E-state index in [0.29, 0.717) is 5.02 Å². The van der Waals surface area contributed by atoms with Crippen LogP contribution in [-0.4, -0.2) is 31.0 Å². The van der Waals surface area contributed by atoms with Crippen molar-refractivity contribution in [1.82, 2.24) is 5.32 Å². The molecule has 5 heteroatoms. The number of aliphatic hydroxyl groups excluding tert-OH is 1. The molecule has 1 aromatic carbocycles. The maximum atomic E-state index is 9.73. The van der Waals surface area contributed by atoms with Gasteiger partial charge in [-0.05, 0) is 37.5 Å². The van der Waals surface area contributed by atoms with Gasteiger partial charge in [0, 0.05) is 22.6 Å². The summed E-state index contributed by atoms with van der Waals surface area (Å²) in [6.45, 7) is 3.50. The first-order chi connectivity index (χ1) is 9.05. The summed E-state index contributed by atoms with van der Waals surface area (Å²) in [4.78, 5) is 0. The fourth-order valence-corrected chi connectivity index (χ4v) is 3.20. The van der Waals surface area contributed by atoms with Crippen LogP contribution in [0, 0.1) is 0 Å². The zero-order valence-electron chi connectivity index (χ0n) is 11.0. The number of aliphatic hydroxyl groups is 1. The number of benzene rings is 1. The highest BCUT2D eigenvalue weighted by Crippen LogP contribution is 2.30. The van der Waals surface area contributed by atoms with Gasteiger partial charge < -0.3 is 15.2 Å². The predicted molar refractivity (Wildman–Crippen MR) is 80.6 cm³/mol. The zero-order chi connectivity index (χ0) is 13.9. The molecule has 2 rings (SSSR count). The van der Waals surface area contributed by atoms with Crippen LogP contribution in [0.15, 0.2) is 22.7 Å². The molecule has 0 saturated carbocycles. The number of nitrogens with one attached hydrogen (secondary N) is 1. The summed E-state index contributed by atoms with van der Waals surface area (Å²) < 4.78 is 6.52. The van der Waals surface area contributed by atoms with Crippen LogP contribution in [0.4, 0.5) is 0 Å². The van der Waals surface area contributed by atoms with Crippen molar-refractivity contribution < 1.29 is 9.84 Å². The van der Waals surface area contributed by atoms with Gasteiger partial charge in [-0.25, -0.2) is 0 Å². The van der Waals surface area contributed by atoms with E-state index < -0.39 is 5.54 Å². The minimum Gasteiger partial charge on any atom is -0.394 e. The van der Waals surface area contributed by atoms with E-state index in [1.165, 1.54) is 0 Å². The second kappa shape index (κ2) is 6.55. The van der Waals surface area contributed by atoms with Crippen molar-refractivity contribution in [2.24, 2.45) is 0 Å². The summed E-state index contributed by atoms with van der Waals surface area (Å²) in [7, 11) is 0. The first kappa shape index (κ1) is 15.3. The molecule has 19 heavy (non-hydrogen) atoms. The van der Waals surface area contributed by atoms with E-state index in [0.717, 1.165) is 36.0 Å². The van der Waals surface area contributed by atoms with Crippen LogP contribution in [-0.2, 0) is 10.3 Å². The van der Waals surface area contributed by atoms with Gasteiger partial charge in [-0.2, -0.15) is 0 Å². The van der Waals surface area contributed by atoms with E-state index in [-0.39, 0.29) is 12.7 Å². The molecule has 0 spiro atoms. The molecule has 1 aliphatic heterocycles. The molecule has 1 saturated heterocycles. The van der Waals surface area contributed by atoms with Crippen LogP contribution in [0.2, 0.25) is 5.02 Å². The fraction of sp³-hybridized carbons (Fsp3) is 0.571. The summed E-state index contributed by atoms with van der Waals surface area (Å²) in [6.07, 6.45) is 2.42. The standard InChI is InChI=1S/C14H19BrClNO2/c1-14(9-18,17-8-11-3-2-6-19-11)12-5-4-10(15)7-13(12)16/h4-5,7,11,17-18H,2-3,6,8-9H2,1H3. The monoisotopic (exact) mass is 347 g/mol. The molecular weight excluding hydrogens is 330 g/mol. The lowest BCUT2D eigenvalue weighted by molar-refractivity contribution is 0.0910. The molecule has 2 unspecified atom stereocenters. The molecule has 3 nitrogen and oxygen atoms in total. The Morgan fingerprint density at radius 1 is 1.58 bits per heavy atom. The van der Waals surface area contributed by atoms with Gasteiger partial charge in [0.25, 0.3) is 0 Å². The Balaban J connectivity index is 2.11. The molecule has 2 N–H and O–H groups in total. The second-order valence-electron chi connectivity index (χ2n) is 5.13. The van der Waals surface area contributed by atoms with E-state index in [2.05, 4.69) is 21.2 Å². The molecule has 0 amide bonds. The van der Waals surface area contributed by atoms with E-state index in [4.69, 9.17) is 16.3 Å². The number of halogens is 2. The van der Waals surface area contributed by atoms with Crippen LogP contribution in [0.1, 0.15) is 25.3 Å². The third kappa shape index (κ3) is 3.70. The molecule has 1 fully saturated rings. The molecule has 106 valence electrons. The van der Waals surface area contributed by atoms with Gasteiger partial charge >= 0.3 is 0 Å². The Morgan fingerprint density at radius 2 is 2.37 bits per heavy atom. The Hall–Kier alpha value is -0.130. The highest BCUT2D eigenvalue weighted by atomic mass is 79.9. The predicted octanol–water partition coefficient (Wildman–Crippen LogP) is 3.08. The fourth-order valence-electron chi connectivity index (χ4n) is 2.32. The number of hydrogen-bond donors (Lipinski definition) is 2. The molecule has 0 aliphatic carbocycles. The van der Waals surface area contributed by atoms with E-state index in [1.807, 2.05) is 25.1 Å². The largest absolute Gasteiger partial charge is 0.394 e. The molecule has 1 aliphatic rings. The van der Waals surface area contributed by atoms with Crippen LogP contribution in [0.5, 0.6) is 0 Å². The van der Waals surface area contributed by atoms with Crippen molar-refractivity contribution in [3.05, 3.63) is 33.3 Å². The van der Waals surface area contributed by atoms with Crippen molar-refractivity contribution in [1.29, 1.82) is 0 Å². The minimum atomic E-state index is -0.552. The smallest absolute Gasteiger partial charge is 0.0700 e. The second-order valence-corrected chi connectivity index (χ2v) is 6.45. The number of ether oxygens (including phenoxy) is 1. The van der Waals surface area contributed by atoms with Crippen LogP contribution in [0.3, 0.4) is 0 Å². The van der Waals surface area contributed by atoms with Crippen molar-refractivity contribution in [3.8, 4) is 0 Å². The van der Waals surface area contributed by atoms with Crippen LogP contribution >= 0.6 is 27.5 Å². The van der Waals surface area contributed by atoms with Crippen molar-refractivity contribution >= 4 is 27.5 Å². The highest BCUT2D eigenvalue weighted by molar-refractivity contribution is 9.10. The molecular formula is C14H19BrClNO2. The average molecular weight is 349 g/mol. The molecule has 0 aromatic heterocycles. The maximum absolute atomic E-state index is 9.73. The lowest BCUT2D eigenvalue weighted by Crippen LogP contribution is -2.46.